The van der Waals surface area contributed by atoms with E-state index in [1.54, 1.807) is 11.3 Å². The van der Waals surface area contributed by atoms with Gasteiger partial charge in [-0.05, 0) is 55.9 Å². The standard InChI is InChI=1S/C24H28N4S/c1-4-21(27(2)3)23(28-14-8-9-15-28)19-12-13-20-22(16-19)29-24(26-20)25-17-18-10-6-5-7-11-18/h5-16,21,23H,4,17H2,1-3H3,(H,25,26). The van der Waals surface area contributed by atoms with Gasteiger partial charge >= 0.3 is 0 Å². The van der Waals surface area contributed by atoms with E-state index in [0.29, 0.717) is 6.04 Å². The molecule has 0 aliphatic heterocycles. The molecule has 0 saturated heterocycles. The van der Waals surface area contributed by atoms with Crippen molar-refractivity contribution in [3.63, 3.8) is 0 Å². The minimum absolute atomic E-state index is 0.275. The van der Waals surface area contributed by atoms with Crippen molar-refractivity contribution in [2.24, 2.45) is 0 Å². The Morgan fingerprint density at radius 3 is 2.48 bits per heavy atom. The van der Waals surface area contributed by atoms with Gasteiger partial charge in [0.05, 0.1) is 16.3 Å². The number of aromatic nitrogens is 2. The summed E-state index contributed by atoms with van der Waals surface area (Å²) in [6, 6.07) is 22.1. The smallest absolute Gasteiger partial charge is 0.184 e. The molecule has 1 N–H and O–H groups in total. The zero-order chi connectivity index (χ0) is 20.2. The van der Waals surface area contributed by atoms with Crippen LogP contribution in [-0.4, -0.2) is 34.6 Å². The van der Waals surface area contributed by atoms with Gasteiger partial charge in [0.15, 0.2) is 5.13 Å². The van der Waals surface area contributed by atoms with Gasteiger partial charge in [-0.2, -0.15) is 0 Å². The van der Waals surface area contributed by atoms with E-state index in [1.165, 1.54) is 15.8 Å². The minimum Gasteiger partial charge on any atom is -0.357 e. The van der Waals surface area contributed by atoms with E-state index in [2.05, 4.69) is 103 Å². The number of rotatable bonds is 8. The molecule has 0 fully saturated rings. The first-order valence-electron chi connectivity index (χ1n) is 10.1. The van der Waals surface area contributed by atoms with Crippen LogP contribution in [0.15, 0.2) is 73.1 Å². The molecule has 4 nitrogen and oxygen atoms in total. The molecule has 2 aromatic carbocycles. The summed E-state index contributed by atoms with van der Waals surface area (Å²) >= 11 is 1.73. The fraction of sp³-hybridized carbons (Fsp3) is 0.292. The summed E-state index contributed by atoms with van der Waals surface area (Å²) in [4.78, 5) is 7.11. The van der Waals surface area contributed by atoms with Crippen LogP contribution in [0.1, 0.15) is 30.5 Å². The highest BCUT2D eigenvalue weighted by Gasteiger charge is 2.25. The Bertz CT molecular complexity index is 1040. The van der Waals surface area contributed by atoms with Gasteiger partial charge in [-0.1, -0.05) is 54.7 Å². The maximum Gasteiger partial charge on any atom is 0.184 e. The number of fused-ring (bicyclic) bond motifs is 1. The quantitative estimate of drug-likeness (QED) is 0.412. The van der Waals surface area contributed by atoms with Crippen LogP contribution < -0.4 is 5.32 Å². The molecule has 4 aromatic rings. The van der Waals surface area contributed by atoms with Gasteiger partial charge in [0.1, 0.15) is 0 Å². The molecule has 0 saturated carbocycles. The van der Waals surface area contributed by atoms with Gasteiger partial charge in [0.25, 0.3) is 0 Å². The van der Waals surface area contributed by atoms with Crippen LogP contribution in [0.3, 0.4) is 0 Å². The van der Waals surface area contributed by atoms with Gasteiger partial charge in [-0.3, -0.25) is 0 Å². The Balaban J connectivity index is 1.63. The monoisotopic (exact) mass is 404 g/mol. The van der Waals surface area contributed by atoms with Crippen LogP contribution >= 0.6 is 11.3 Å². The number of thiazole rings is 1. The van der Waals surface area contributed by atoms with E-state index >= 15 is 0 Å². The first-order chi connectivity index (χ1) is 14.2. The Hall–Kier alpha value is -2.63. The summed E-state index contributed by atoms with van der Waals surface area (Å²) in [6.07, 6.45) is 5.42. The van der Waals surface area contributed by atoms with Crippen LogP contribution in [0.2, 0.25) is 0 Å². The van der Waals surface area contributed by atoms with Crippen molar-refractivity contribution in [1.82, 2.24) is 14.5 Å². The average molecular weight is 405 g/mol. The number of benzene rings is 2. The lowest BCUT2D eigenvalue weighted by Crippen LogP contribution is -2.36. The predicted molar refractivity (Wildman–Crippen MR) is 124 cm³/mol. The molecule has 0 spiro atoms. The molecule has 4 rings (SSSR count). The topological polar surface area (TPSA) is 33.1 Å². The summed E-state index contributed by atoms with van der Waals surface area (Å²) in [5, 5.41) is 4.44. The number of likely N-dealkylation sites (N-methyl/N-ethyl adjacent to an activating group) is 1. The highest BCUT2D eigenvalue weighted by Crippen LogP contribution is 2.33. The molecule has 0 bridgehead atoms. The zero-order valence-corrected chi connectivity index (χ0v) is 18.1. The lowest BCUT2D eigenvalue weighted by atomic mass is 9.96. The molecule has 2 unspecified atom stereocenters. The largest absolute Gasteiger partial charge is 0.357 e. The number of nitrogens with one attached hydrogen (secondary N) is 1. The number of hydrogen-bond acceptors (Lipinski definition) is 4. The normalized spacial score (nSPS) is 13.7. The summed E-state index contributed by atoms with van der Waals surface area (Å²) < 4.78 is 3.55. The van der Waals surface area contributed by atoms with Crippen LogP contribution in [-0.2, 0) is 6.54 Å². The molecular weight excluding hydrogens is 376 g/mol. The van der Waals surface area contributed by atoms with Crippen molar-refractivity contribution in [3.05, 3.63) is 84.2 Å². The van der Waals surface area contributed by atoms with Gasteiger partial charge in [-0.25, -0.2) is 4.98 Å². The average Bonchev–Trinajstić information content (AvgIpc) is 3.40. The first-order valence-corrected chi connectivity index (χ1v) is 10.9. The molecular formula is C24H28N4S. The number of anilines is 1. The Kier molecular flexibility index (Phi) is 5.97. The summed E-state index contributed by atoms with van der Waals surface area (Å²) in [6.45, 7) is 3.05. The minimum atomic E-state index is 0.275. The molecule has 2 heterocycles. The molecule has 5 heteroatoms. The molecule has 0 radical (unpaired) electrons. The molecule has 29 heavy (non-hydrogen) atoms. The van der Waals surface area contributed by atoms with E-state index in [0.717, 1.165) is 23.6 Å². The van der Waals surface area contributed by atoms with E-state index in [1.807, 2.05) is 6.07 Å². The fourth-order valence-corrected chi connectivity index (χ4v) is 4.88. The second-order valence-corrected chi connectivity index (χ2v) is 8.63. The Labute approximate surface area is 176 Å². The van der Waals surface area contributed by atoms with Crippen molar-refractivity contribution in [2.75, 3.05) is 19.4 Å². The molecule has 0 aliphatic carbocycles. The maximum absolute atomic E-state index is 4.78. The zero-order valence-electron chi connectivity index (χ0n) is 17.2. The van der Waals surface area contributed by atoms with Crippen LogP contribution in [0.5, 0.6) is 0 Å². The highest BCUT2D eigenvalue weighted by atomic mass is 32.1. The molecule has 0 aliphatic rings. The van der Waals surface area contributed by atoms with Crippen molar-refractivity contribution in [3.8, 4) is 0 Å². The lowest BCUT2D eigenvalue weighted by molar-refractivity contribution is 0.227. The SMILES string of the molecule is CCC(C(c1ccc2nc(NCc3ccccc3)sc2c1)n1cccc1)N(C)C. The third-order valence-electron chi connectivity index (χ3n) is 5.44. The highest BCUT2D eigenvalue weighted by molar-refractivity contribution is 7.22. The number of hydrogen-bond donors (Lipinski definition) is 1. The van der Waals surface area contributed by atoms with Crippen LogP contribution in [0.4, 0.5) is 5.13 Å². The van der Waals surface area contributed by atoms with Crippen molar-refractivity contribution in [2.45, 2.75) is 32.0 Å². The Morgan fingerprint density at radius 2 is 1.79 bits per heavy atom. The third kappa shape index (κ3) is 4.36. The van der Waals surface area contributed by atoms with Gasteiger partial charge in [-0.15, -0.1) is 0 Å². The fourth-order valence-electron chi connectivity index (χ4n) is 3.97. The number of nitrogens with zero attached hydrogens (tertiary/aromatic N) is 3. The summed E-state index contributed by atoms with van der Waals surface area (Å²) in [7, 11) is 4.34. The van der Waals surface area contributed by atoms with Crippen molar-refractivity contribution >= 4 is 26.7 Å². The summed E-state index contributed by atoms with van der Waals surface area (Å²) in [5.41, 5.74) is 3.64. The van der Waals surface area contributed by atoms with Crippen molar-refractivity contribution in [1.29, 1.82) is 0 Å². The second-order valence-electron chi connectivity index (χ2n) is 7.60. The van der Waals surface area contributed by atoms with Crippen LogP contribution in [0.25, 0.3) is 10.2 Å². The molecule has 0 amide bonds. The van der Waals surface area contributed by atoms with Gasteiger partial charge in [0.2, 0.25) is 0 Å². The van der Waals surface area contributed by atoms with Crippen molar-refractivity contribution < 1.29 is 0 Å². The molecule has 150 valence electrons. The van der Waals surface area contributed by atoms with Crippen LogP contribution in [0, 0.1) is 0 Å². The Morgan fingerprint density at radius 1 is 1.03 bits per heavy atom. The van der Waals surface area contributed by atoms with Gasteiger partial charge < -0.3 is 14.8 Å². The maximum atomic E-state index is 4.78. The second kappa shape index (κ2) is 8.80. The molecule has 2 aromatic heterocycles. The molecule has 2 atom stereocenters. The summed E-state index contributed by atoms with van der Waals surface area (Å²) in [5.74, 6) is 0. The third-order valence-corrected chi connectivity index (χ3v) is 6.41. The predicted octanol–water partition coefficient (Wildman–Crippen LogP) is 5.64. The van der Waals surface area contributed by atoms with E-state index < -0.39 is 0 Å². The van der Waals surface area contributed by atoms with E-state index in [4.69, 9.17) is 4.98 Å². The lowest BCUT2D eigenvalue weighted by Gasteiger charge is -2.33. The van der Waals surface area contributed by atoms with Gasteiger partial charge in [0, 0.05) is 25.0 Å². The first kappa shape index (κ1) is 19.7. The van der Waals surface area contributed by atoms with E-state index in [-0.39, 0.29) is 6.04 Å². The van der Waals surface area contributed by atoms with E-state index in [9.17, 15) is 0 Å².